The van der Waals surface area contributed by atoms with Crippen molar-refractivity contribution in [3.8, 4) is 28.7 Å². The van der Waals surface area contributed by atoms with Crippen molar-refractivity contribution in [2.45, 2.75) is 0 Å². The van der Waals surface area contributed by atoms with E-state index in [0.29, 0.717) is 28.7 Å². The molecule has 0 aliphatic rings. The number of para-hydroxylation sites is 1. The largest absolute Gasteiger partial charge is 0.493 e. The van der Waals surface area contributed by atoms with Gasteiger partial charge in [-0.3, -0.25) is 4.79 Å². The molecule has 0 fully saturated rings. The van der Waals surface area contributed by atoms with Crippen LogP contribution < -0.4 is 24.3 Å². The highest BCUT2D eigenvalue weighted by molar-refractivity contribution is 5.92. The van der Waals surface area contributed by atoms with Crippen LogP contribution >= 0.6 is 0 Å². The molecule has 0 aliphatic heterocycles. The van der Waals surface area contributed by atoms with Crippen LogP contribution in [0.1, 0.15) is 0 Å². The van der Waals surface area contributed by atoms with E-state index in [4.69, 9.17) is 18.9 Å². The third-order valence-corrected chi connectivity index (χ3v) is 3.84. The van der Waals surface area contributed by atoms with Crippen LogP contribution in [-0.2, 0) is 4.79 Å². The molecule has 0 saturated carbocycles. The number of nitrogens with one attached hydrogen (secondary N) is 1. The summed E-state index contributed by atoms with van der Waals surface area (Å²) in [6.45, 7) is -0.118. The van der Waals surface area contributed by atoms with Crippen molar-refractivity contribution in [3.63, 3.8) is 0 Å². The average Bonchev–Trinajstić information content (AvgIpc) is 2.74. The Bertz CT molecular complexity index is 910. The molecule has 6 heteroatoms. The predicted molar refractivity (Wildman–Crippen MR) is 107 cm³/mol. The van der Waals surface area contributed by atoms with Crippen LogP contribution in [0.3, 0.4) is 0 Å². The van der Waals surface area contributed by atoms with E-state index in [2.05, 4.69) is 5.32 Å². The van der Waals surface area contributed by atoms with Gasteiger partial charge in [0.05, 0.1) is 14.2 Å². The zero-order valence-corrected chi connectivity index (χ0v) is 15.7. The van der Waals surface area contributed by atoms with Gasteiger partial charge < -0.3 is 24.3 Å². The van der Waals surface area contributed by atoms with Gasteiger partial charge in [-0.05, 0) is 48.5 Å². The summed E-state index contributed by atoms with van der Waals surface area (Å²) in [5, 5.41) is 2.76. The highest BCUT2D eigenvalue weighted by atomic mass is 16.5. The van der Waals surface area contributed by atoms with E-state index in [0.717, 1.165) is 5.75 Å². The first-order chi connectivity index (χ1) is 13.7. The van der Waals surface area contributed by atoms with E-state index in [9.17, 15) is 4.79 Å². The Morgan fingerprint density at radius 3 is 2.11 bits per heavy atom. The van der Waals surface area contributed by atoms with E-state index in [1.54, 1.807) is 49.6 Å². The number of amides is 1. The fourth-order valence-electron chi connectivity index (χ4n) is 2.49. The summed E-state index contributed by atoms with van der Waals surface area (Å²) in [5.41, 5.74) is 0.595. The molecule has 3 aromatic carbocycles. The minimum Gasteiger partial charge on any atom is -0.493 e. The quantitative estimate of drug-likeness (QED) is 0.624. The van der Waals surface area contributed by atoms with Crippen molar-refractivity contribution >= 4 is 11.6 Å². The Hall–Kier alpha value is -3.67. The van der Waals surface area contributed by atoms with Gasteiger partial charge in [0.1, 0.15) is 17.2 Å². The fraction of sp³-hybridized carbons (Fsp3) is 0.136. The lowest BCUT2D eigenvalue weighted by molar-refractivity contribution is -0.118. The van der Waals surface area contributed by atoms with Crippen LogP contribution in [0.25, 0.3) is 0 Å². The van der Waals surface area contributed by atoms with Gasteiger partial charge in [-0.15, -0.1) is 0 Å². The van der Waals surface area contributed by atoms with Gasteiger partial charge in [0.15, 0.2) is 18.1 Å². The van der Waals surface area contributed by atoms with Gasteiger partial charge in [-0.1, -0.05) is 18.2 Å². The smallest absolute Gasteiger partial charge is 0.262 e. The molecule has 1 amide bonds. The molecular weight excluding hydrogens is 358 g/mol. The van der Waals surface area contributed by atoms with Crippen molar-refractivity contribution < 1.29 is 23.7 Å². The van der Waals surface area contributed by atoms with Gasteiger partial charge in [0, 0.05) is 11.8 Å². The fourth-order valence-corrected chi connectivity index (χ4v) is 2.49. The van der Waals surface area contributed by atoms with E-state index in [-0.39, 0.29) is 12.5 Å². The number of anilines is 1. The molecule has 28 heavy (non-hydrogen) atoms. The van der Waals surface area contributed by atoms with Crippen molar-refractivity contribution in [2.75, 3.05) is 26.1 Å². The third-order valence-electron chi connectivity index (χ3n) is 3.84. The third kappa shape index (κ3) is 5.17. The molecule has 0 unspecified atom stereocenters. The van der Waals surface area contributed by atoms with Crippen LogP contribution in [0.15, 0.2) is 72.8 Å². The molecule has 0 bridgehead atoms. The first kappa shape index (κ1) is 19.1. The van der Waals surface area contributed by atoms with Crippen LogP contribution in [0.5, 0.6) is 28.7 Å². The van der Waals surface area contributed by atoms with Crippen molar-refractivity contribution in [3.05, 3.63) is 72.8 Å². The van der Waals surface area contributed by atoms with E-state index < -0.39 is 0 Å². The van der Waals surface area contributed by atoms with E-state index in [1.807, 2.05) is 30.3 Å². The van der Waals surface area contributed by atoms with Gasteiger partial charge in [0.25, 0.3) is 5.91 Å². The number of rotatable bonds is 8. The molecule has 0 saturated heterocycles. The topological polar surface area (TPSA) is 66.0 Å². The molecule has 3 aromatic rings. The Morgan fingerprint density at radius 2 is 1.43 bits per heavy atom. The lowest BCUT2D eigenvalue weighted by Crippen LogP contribution is -2.20. The summed E-state index contributed by atoms with van der Waals surface area (Å²) in [7, 11) is 3.10. The SMILES string of the molecule is COc1ccc(NC(=O)COc2ccc(Oc3ccccc3)cc2)cc1OC. The number of carbonyl (C=O) groups excluding carboxylic acids is 1. The summed E-state index contributed by atoms with van der Waals surface area (Å²) in [4.78, 5) is 12.1. The average molecular weight is 379 g/mol. The summed E-state index contributed by atoms with van der Waals surface area (Å²) in [6, 6.07) is 21.7. The standard InChI is InChI=1S/C22H21NO5/c1-25-20-13-8-16(14-21(20)26-2)23-22(24)15-27-17-9-11-19(12-10-17)28-18-6-4-3-5-7-18/h3-14H,15H2,1-2H3,(H,23,24). The highest BCUT2D eigenvalue weighted by Crippen LogP contribution is 2.29. The summed E-state index contributed by atoms with van der Waals surface area (Å²) >= 11 is 0. The molecule has 6 nitrogen and oxygen atoms in total. The second kappa shape index (κ2) is 9.32. The lowest BCUT2D eigenvalue weighted by Gasteiger charge is -2.11. The van der Waals surface area contributed by atoms with Gasteiger partial charge in [-0.2, -0.15) is 0 Å². The van der Waals surface area contributed by atoms with Crippen molar-refractivity contribution in [2.24, 2.45) is 0 Å². The maximum absolute atomic E-state index is 12.1. The minimum absolute atomic E-state index is 0.118. The molecule has 0 atom stereocenters. The van der Waals surface area contributed by atoms with Crippen molar-refractivity contribution in [1.82, 2.24) is 0 Å². The second-order valence-corrected chi connectivity index (χ2v) is 5.79. The first-order valence-corrected chi connectivity index (χ1v) is 8.65. The Morgan fingerprint density at radius 1 is 0.786 bits per heavy atom. The number of ether oxygens (including phenoxy) is 4. The number of carbonyl (C=O) groups is 1. The maximum Gasteiger partial charge on any atom is 0.262 e. The van der Waals surface area contributed by atoms with E-state index >= 15 is 0 Å². The Kier molecular flexibility index (Phi) is 6.36. The number of methoxy groups -OCH3 is 2. The van der Waals surface area contributed by atoms with Crippen molar-refractivity contribution in [1.29, 1.82) is 0 Å². The van der Waals surface area contributed by atoms with Crippen LogP contribution in [0, 0.1) is 0 Å². The van der Waals surface area contributed by atoms with Crippen LogP contribution in [0.2, 0.25) is 0 Å². The molecule has 3 rings (SSSR count). The molecule has 144 valence electrons. The van der Waals surface area contributed by atoms with Gasteiger partial charge >= 0.3 is 0 Å². The maximum atomic E-state index is 12.1. The lowest BCUT2D eigenvalue weighted by atomic mass is 10.2. The second-order valence-electron chi connectivity index (χ2n) is 5.79. The van der Waals surface area contributed by atoms with Gasteiger partial charge in [-0.25, -0.2) is 0 Å². The zero-order chi connectivity index (χ0) is 19.8. The zero-order valence-electron chi connectivity index (χ0n) is 15.7. The Labute approximate surface area is 163 Å². The summed E-state index contributed by atoms with van der Waals surface area (Å²) in [6.07, 6.45) is 0. The highest BCUT2D eigenvalue weighted by Gasteiger charge is 2.08. The molecule has 0 spiro atoms. The van der Waals surface area contributed by atoms with Crippen LogP contribution in [0.4, 0.5) is 5.69 Å². The van der Waals surface area contributed by atoms with E-state index in [1.165, 1.54) is 7.11 Å². The molecule has 0 aliphatic carbocycles. The monoisotopic (exact) mass is 379 g/mol. The molecule has 0 heterocycles. The molecule has 0 aromatic heterocycles. The first-order valence-electron chi connectivity index (χ1n) is 8.65. The molecule has 0 radical (unpaired) electrons. The molecular formula is C22H21NO5. The minimum atomic E-state index is -0.281. The molecule has 1 N–H and O–H groups in total. The van der Waals surface area contributed by atoms with Crippen LogP contribution in [-0.4, -0.2) is 26.7 Å². The normalized spacial score (nSPS) is 10.1. The van der Waals surface area contributed by atoms with Gasteiger partial charge in [0.2, 0.25) is 0 Å². The number of hydrogen-bond donors (Lipinski definition) is 1. The predicted octanol–water partition coefficient (Wildman–Crippen LogP) is 4.51. The number of benzene rings is 3. The summed E-state index contributed by atoms with van der Waals surface area (Å²) in [5.74, 6) is 2.86. The Balaban J connectivity index is 1.52. The number of hydrogen-bond acceptors (Lipinski definition) is 5. The summed E-state index contributed by atoms with van der Waals surface area (Å²) < 4.78 is 21.6.